The Kier molecular flexibility index (Phi) is 5.37. The van der Waals surface area contributed by atoms with Gasteiger partial charge in [0.2, 0.25) is 11.8 Å². The van der Waals surface area contributed by atoms with Crippen LogP contribution in [0.25, 0.3) is 0 Å². The second kappa shape index (κ2) is 7.04. The lowest BCUT2D eigenvalue weighted by Crippen LogP contribution is -2.40. The number of hydrogen-bond acceptors (Lipinski definition) is 4. The van der Waals surface area contributed by atoms with Gasteiger partial charge in [-0.05, 0) is 18.8 Å². The number of carbonyl (C=O) groups excluding carboxylic acids is 2. The van der Waals surface area contributed by atoms with Crippen LogP contribution in [0.3, 0.4) is 0 Å². The average Bonchev–Trinajstić information content (AvgIpc) is 2.86. The number of aromatic nitrogens is 1. The van der Waals surface area contributed by atoms with E-state index in [0.29, 0.717) is 37.7 Å². The summed E-state index contributed by atoms with van der Waals surface area (Å²) in [6, 6.07) is 0. The summed E-state index contributed by atoms with van der Waals surface area (Å²) in [5.74, 6) is 0.534. The number of alkyl halides is 1. The van der Waals surface area contributed by atoms with Crippen LogP contribution in [0.15, 0.2) is 5.38 Å². The van der Waals surface area contributed by atoms with Crippen molar-refractivity contribution in [1.29, 1.82) is 0 Å². The summed E-state index contributed by atoms with van der Waals surface area (Å²) in [5.41, 5.74) is 6.02. The molecule has 0 unspecified atom stereocenters. The van der Waals surface area contributed by atoms with E-state index >= 15 is 0 Å². The Hall–Kier alpha value is -1.14. The van der Waals surface area contributed by atoms with Gasteiger partial charge < -0.3 is 10.6 Å². The van der Waals surface area contributed by atoms with Gasteiger partial charge in [-0.15, -0.1) is 22.9 Å². The summed E-state index contributed by atoms with van der Waals surface area (Å²) in [6.07, 6.45) is 2.45. The number of halogens is 1. The highest BCUT2D eigenvalue weighted by Crippen LogP contribution is 2.21. The monoisotopic (exact) mass is 315 g/mol. The van der Waals surface area contributed by atoms with Gasteiger partial charge in [-0.25, -0.2) is 4.98 Å². The number of amides is 2. The molecule has 0 spiro atoms. The number of rotatable bonds is 5. The van der Waals surface area contributed by atoms with E-state index in [1.807, 2.05) is 10.3 Å². The lowest BCUT2D eigenvalue weighted by atomic mass is 9.93. The van der Waals surface area contributed by atoms with Crippen LogP contribution in [0.2, 0.25) is 0 Å². The van der Waals surface area contributed by atoms with Crippen molar-refractivity contribution in [2.45, 2.75) is 31.6 Å². The Balaban J connectivity index is 1.81. The Morgan fingerprint density at radius 1 is 1.45 bits per heavy atom. The molecule has 2 heterocycles. The van der Waals surface area contributed by atoms with Gasteiger partial charge in [0.25, 0.3) is 0 Å². The van der Waals surface area contributed by atoms with E-state index in [-0.39, 0.29) is 11.8 Å². The molecule has 1 fully saturated rings. The number of carbonyl (C=O) groups is 2. The summed E-state index contributed by atoms with van der Waals surface area (Å²) < 4.78 is 0. The van der Waals surface area contributed by atoms with Gasteiger partial charge in [0.15, 0.2) is 0 Å². The standard InChI is InChI=1S/C13H18ClN3O2S/c14-7-10-8-20-12(16-10)6-13(19)17-3-1-9(2-4-17)5-11(15)18/h8-9H,1-7H2,(H2,15,18). The third kappa shape index (κ3) is 4.18. The third-order valence-corrected chi connectivity index (χ3v) is 4.67. The zero-order chi connectivity index (χ0) is 14.5. The molecule has 0 aliphatic carbocycles. The van der Waals surface area contributed by atoms with Crippen LogP contribution in [0.4, 0.5) is 0 Å². The molecule has 2 rings (SSSR count). The minimum Gasteiger partial charge on any atom is -0.370 e. The molecule has 1 aromatic heterocycles. The number of piperidine rings is 1. The summed E-state index contributed by atoms with van der Waals surface area (Å²) in [4.78, 5) is 29.2. The Labute approximate surface area is 127 Å². The quantitative estimate of drug-likeness (QED) is 0.837. The molecule has 2 N–H and O–H groups in total. The zero-order valence-corrected chi connectivity index (χ0v) is 12.8. The fourth-order valence-electron chi connectivity index (χ4n) is 2.40. The molecule has 0 aromatic carbocycles. The van der Waals surface area contributed by atoms with Crippen molar-refractivity contribution < 1.29 is 9.59 Å². The largest absolute Gasteiger partial charge is 0.370 e. The highest BCUT2D eigenvalue weighted by Gasteiger charge is 2.24. The molecule has 7 heteroatoms. The fourth-order valence-corrected chi connectivity index (χ4v) is 3.42. The Bertz CT molecular complexity index is 484. The lowest BCUT2D eigenvalue weighted by Gasteiger charge is -2.31. The first-order chi connectivity index (χ1) is 9.58. The van der Waals surface area contributed by atoms with Crippen molar-refractivity contribution in [2.75, 3.05) is 13.1 Å². The maximum Gasteiger partial charge on any atom is 0.229 e. The SMILES string of the molecule is NC(=O)CC1CCN(C(=O)Cc2nc(CCl)cs2)CC1. The van der Waals surface area contributed by atoms with E-state index in [1.165, 1.54) is 11.3 Å². The molecular formula is C13H18ClN3O2S. The molecule has 0 radical (unpaired) electrons. The molecule has 1 aliphatic rings. The van der Waals surface area contributed by atoms with Crippen LogP contribution < -0.4 is 5.73 Å². The molecular weight excluding hydrogens is 298 g/mol. The van der Waals surface area contributed by atoms with Gasteiger partial charge in [-0.2, -0.15) is 0 Å². The van der Waals surface area contributed by atoms with Gasteiger partial charge in [-0.3, -0.25) is 9.59 Å². The van der Waals surface area contributed by atoms with Crippen LogP contribution in [0.5, 0.6) is 0 Å². The third-order valence-electron chi connectivity index (χ3n) is 3.50. The number of hydrogen-bond donors (Lipinski definition) is 1. The van der Waals surface area contributed by atoms with Crippen LogP contribution >= 0.6 is 22.9 Å². The first-order valence-electron chi connectivity index (χ1n) is 6.63. The van der Waals surface area contributed by atoms with Crippen molar-refractivity contribution >= 4 is 34.8 Å². The first kappa shape index (κ1) is 15.3. The molecule has 2 amide bonds. The number of thiazole rings is 1. The molecule has 1 aliphatic heterocycles. The van der Waals surface area contributed by atoms with E-state index in [0.717, 1.165) is 23.5 Å². The van der Waals surface area contributed by atoms with E-state index < -0.39 is 0 Å². The number of nitrogens with two attached hydrogens (primary N) is 1. The zero-order valence-electron chi connectivity index (χ0n) is 11.2. The topological polar surface area (TPSA) is 76.3 Å². The summed E-state index contributed by atoms with van der Waals surface area (Å²) in [5, 5.41) is 2.69. The summed E-state index contributed by atoms with van der Waals surface area (Å²) in [6.45, 7) is 1.40. The van der Waals surface area contributed by atoms with Gasteiger partial charge in [0, 0.05) is 24.9 Å². The second-order valence-corrected chi connectivity index (χ2v) is 6.25. The maximum atomic E-state index is 12.2. The van der Waals surface area contributed by atoms with Crippen LogP contribution in [0, 0.1) is 5.92 Å². The van der Waals surface area contributed by atoms with Gasteiger partial charge >= 0.3 is 0 Å². The first-order valence-corrected chi connectivity index (χ1v) is 8.05. The lowest BCUT2D eigenvalue weighted by molar-refractivity contribution is -0.131. The number of nitrogens with zero attached hydrogens (tertiary/aromatic N) is 2. The van der Waals surface area contributed by atoms with E-state index in [4.69, 9.17) is 17.3 Å². The molecule has 0 atom stereocenters. The van der Waals surface area contributed by atoms with Crippen molar-refractivity contribution in [2.24, 2.45) is 11.7 Å². The second-order valence-electron chi connectivity index (χ2n) is 5.04. The number of likely N-dealkylation sites (tertiary alicyclic amines) is 1. The van der Waals surface area contributed by atoms with Gasteiger partial charge in [-0.1, -0.05) is 0 Å². The van der Waals surface area contributed by atoms with Gasteiger partial charge in [0.1, 0.15) is 5.01 Å². The molecule has 20 heavy (non-hydrogen) atoms. The average molecular weight is 316 g/mol. The van der Waals surface area contributed by atoms with Crippen molar-refractivity contribution in [1.82, 2.24) is 9.88 Å². The molecule has 0 saturated carbocycles. The van der Waals surface area contributed by atoms with Crippen LogP contribution in [0.1, 0.15) is 30.0 Å². The smallest absolute Gasteiger partial charge is 0.229 e. The van der Waals surface area contributed by atoms with Crippen LogP contribution in [-0.4, -0.2) is 34.8 Å². The molecule has 110 valence electrons. The minimum atomic E-state index is -0.258. The molecule has 1 saturated heterocycles. The summed E-state index contributed by atoms with van der Waals surface area (Å²) in [7, 11) is 0. The molecule has 1 aromatic rings. The van der Waals surface area contributed by atoms with Gasteiger partial charge in [0.05, 0.1) is 18.0 Å². The maximum absolute atomic E-state index is 12.2. The van der Waals surface area contributed by atoms with Crippen LogP contribution in [-0.2, 0) is 21.9 Å². The predicted molar refractivity (Wildman–Crippen MR) is 78.5 cm³/mol. The van der Waals surface area contributed by atoms with E-state index in [9.17, 15) is 9.59 Å². The predicted octanol–water partition coefficient (Wildman–Crippen LogP) is 1.54. The molecule has 5 nitrogen and oxygen atoms in total. The highest BCUT2D eigenvalue weighted by atomic mass is 35.5. The fraction of sp³-hybridized carbons (Fsp3) is 0.615. The number of primary amides is 1. The highest BCUT2D eigenvalue weighted by molar-refractivity contribution is 7.09. The molecule has 0 bridgehead atoms. The van der Waals surface area contributed by atoms with Crippen molar-refractivity contribution in [3.05, 3.63) is 16.1 Å². The normalized spacial score (nSPS) is 16.4. The van der Waals surface area contributed by atoms with Crippen molar-refractivity contribution in [3.63, 3.8) is 0 Å². The Morgan fingerprint density at radius 3 is 2.70 bits per heavy atom. The van der Waals surface area contributed by atoms with E-state index in [2.05, 4.69) is 4.98 Å². The van der Waals surface area contributed by atoms with E-state index in [1.54, 1.807) is 0 Å². The van der Waals surface area contributed by atoms with Crippen molar-refractivity contribution in [3.8, 4) is 0 Å². The minimum absolute atomic E-state index is 0.0954. The summed E-state index contributed by atoms with van der Waals surface area (Å²) >= 11 is 7.17. The Morgan fingerprint density at radius 2 is 2.15 bits per heavy atom.